The second kappa shape index (κ2) is 10.9. The van der Waals surface area contributed by atoms with E-state index in [0.29, 0.717) is 49.3 Å². The van der Waals surface area contributed by atoms with Gasteiger partial charge in [0.15, 0.2) is 0 Å². The zero-order chi connectivity index (χ0) is 25.0. The SMILES string of the molecule is COC1COCCC1NC1CCN(C(=O)c2ccnc(Nc3cccc(C(F)(F)F)c3)c2C)CC1. The van der Waals surface area contributed by atoms with Crippen LogP contribution in [0.25, 0.3) is 0 Å². The molecule has 2 saturated heterocycles. The van der Waals surface area contributed by atoms with Crippen LogP contribution in [0.3, 0.4) is 0 Å². The van der Waals surface area contributed by atoms with Crippen molar-refractivity contribution in [1.82, 2.24) is 15.2 Å². The minimum atomic E-state index is -4.44. The highest BCUT2D eigenvalue weighted by atomic mass is 19.4. The number of alkyl halides is 3. The molecule has 0 aliphatic carbocycles. The van der Waals surface area contributed by atoms with Crippen molar-refractivity contribution in [2.24, 2.45) is 0 Å². The third-order valence-corrected chi connectivity index (χ3v) is 6.73. The van der Waals surface area contributed by atoms with Crippen molar-refractivity contribution in [1.29, 1.82) is 0 Å². The van der Waals surface area contributed by atoms with E-state index in [-0.39, 0.29) is 23.7 Å². The molecule has 1 aromatic carbocycles. The van der Waals surface area contributed by atoms with Gasteiger partial charge in [0.2, 0.25) is 0 Å². The maximum absolute atomic E-state index is 13.3. The van der Waals surface area contributed by atoms with Gasteiger partial charge in [0.1, 0.15) is 5.82 Å². The molecule has 3 heterocycles. The molecule has 0 spiro atoms. The van der Waals surface area contributed by atoms with Gasteiger partial charge in [-0.05, 0) is 50.5 Å². The van der Waals surface area contributed by atoms with Gasteiger partial charge in [-0.1, -0.05) is 6.07 Å². The van der Waals surface area contributed by atoms with Crippen molar-refractivity contribution >= 4 is 17.4 Å². The number of benzene rings is 1. The smallest absolute Gasteiger partial charge is 0.379 e. The normalized spacial score (nSPS) is 21.7. The molecule has 2 unspecified atom stereocenters. The number of ether oxygens (including phenoxy) is 2. The lowest BCUT2D eigenvalue weighted by molar-refractivity contribution is -0.137. The number of likely N-dealkylation sites (tertiary alicyclic amines) is 1. The van der Waals surface area contributed by atoms with E-state index >= 15 is 0 Å². The first-order valence-electron chi connectivity index (χ1n) is 11.8. The third-order valence-electron chi connectivity index (χ3n) is 6.73. The molecule has 4 rings (SSSR count). The van der Waals surface area contributed by atoms with Crippen molar-refractivity contribution in [3.63, 3.8) is 0 Å². The molecule has 1 amide bonds. The number of amides is 1. The summed E-state index contributed by atoms with van der Waals surface area (Å²) in [6.07, 6.45) is -0.340. The highest BCUT2D eigenvalue weighted by Gasteiger charge is 2.32. The fraction of sp³-hybridized carbons (Fsp3) is 0.520. The van der Waals surface area contributed by atoms with Crippen molar-refractivity contribution < 1.29 is 27.4 Å². The summed E-state index contributed by atoms with van der Waals surface area (Å²) in [7, 11) is 1.70. The lowest BCUT2D eigenvalue weighted by atomic mass is 9.99. The Labute approximate surface area is 203 Å². The van der Waals surface area contributed by atoms with Crippen LogP contribution in [-0.4, -0.2) is 67.4 Å². The molecule has 0 bridgehead atoms. The van der Waals surface area contributed by atoms with E-state index in [9.17, 15) is 18.0 Å². The number of methoxy groups -OCH3 is 1. The van der Waals surface area contributed by atoms with Gasteiger partial charge in [0.25, 0.3) is 5.91 Å². The Morgan fingerprint density at radius 1 is 1.20 bits per heavy atom. The number of piperidine rings is 1. The first kappa shape index (κ1) is 25.4. The van der Waals surface area contributed by atoms with Gasteiger partial charge in [0.05, 0.1) is 18.3 Å². The molecule has 1 aromatic heterocycles. The molecule has 190 valence electrons. The third kappa shape index (κ3) is 6.12. The summed E-state index contributed by atoms with van der Waals surface area (Å²) in [4.78, 5) is 19.3. The van der Waals surface area contributed by atoms with Crippen LogP contribution in [0.5, 0.6) is 0 Å². The number of pyridine rings is 1. The van der Waals surface area contributed by atoms with Crippen molar-refractivity contribution in [2.45, 2.75) is 50.6 Å². The molecule has 2 fully saturated rings. The van der Waals surface area contributed by atoms with Gasteiger partial charge in [-0.2, -0.15) is 13.2 Å². The fourth-order valence-electron chi connectivity index (χ4n) is 4.66. The maximum atomic E-state index is 13.3. The predicted octanol–water partition coefficient (Wildman–Crippen LogP) is 4.15. The van der Waals surface area contributed by atoms with Gasteiger partial charge in [0, 0.05) is 61.9 Å². The number of hydrogen-bond donors (Lipinski definition) is 2. The number of nitrogens with one attached hydrogen (secondary N) is 2. The van der Waals surface area contributed by atoms with E-state index in [1.165, 1.54) is 18.3 Å². The molecular formula is C25H31F3N4O3. The van der Waals surface area contributed by atoms with Gasteiger partial charge >= 0.3 is 6.18 Å². The van der Waals surface area contributed by atoms with Crippen molar-refractivity contribution in [3.05, 3.63) is 53.2 Å². The average molecular weight is 493 g/mol. The van der Waals surface area contributed by atoms with Crippen molar-refractivity contribution in [2.75, 3.05) is 38.7 Å². The van der Waals surface area contributed by atoms with E-state index < -0.39 is 11.7 Å². The maximum Gasteiger partial charge on any atom is 0.416 e. The summed E-state index contributed by atoms with van der Waals surface area (Å²) in [5, 5.41) is 6.61. The first-order valence-corrected chi connectivity index (χ1v) is 11.8. The average Bonchev–Trinajstić information content (AvgIpc) is 2.85. The lowest BCUT2D eigenvalue weighted by Gasteiger charge is -2.38. The zero-order valence-corrected chi connectivity index (χ0v) is 19.9. The molecule has 2 atom stereocenters. The Morgan fingerprint density at radius 3 is 2.69 bits per heavy atom. The standard InChI is InChI=1S/C25H31F3N4O3/c1-16-20(6-10-29-23(16)31-19-5-3-4-17(14-19)25(26,27)28)24(33)32-11-7-18(8-12-32)30-21-9-13-35-15-22(21)34-2/h3-6,10,14,18,21-22,30H,7-9,11-13,15H2,1-2H3,(H,29,31). The molecule has 2 aliphatic heterocycles. The molecule has 2 aliphatic rings. The topological polar surface area (TPSA) is 75.7 Å². The summed E-state index contributed by atoms with van der Waals surface area (Å²) in [5.74, 6) is 0.258. The second-order valence-electron chi connectivity index (χ2n) is 9.01. The summed E-state index contributed by atoms with van der Waals surface area (Å²) in [6.45, 7) is 4.29. The quantitative estimate of drug-likeness (QED) is 0.631. The zero-order valence-electron chi connectivity index (χ0n) is 19.9. The molecule has 2 aromatic rings. The summed E-state index contributed by atoms with van der Waals surface area (Å²) in [6, 6.07) is 7.12. The second-order valence-corrected chi connectivity index (χ2v) is 9.01. The van der Waals surface area contributed by atoms with Gasteiger partial charge < -0.3 is 25.0 Å². The van der Waals surface area contributed by atoms with Crippen LogP contribution in [0.2, 0.25) is 0 Å². The van der Waals surface area contributed by atoms with Crippen LogP contribution >= 0.6 is 0 Å². The molecule has 7 nitrogen and oxygen atoms in total. The van der Waals surface area contributed by atoms with Crippen LogP contribution in [0.1, 0.15) is 40.7 Å². The molecule has 35 heavy (non-hydrogen) atoms. The lowest BCUT2D eigenvalue weighted by Crippen LogP contribution is -2.54. The Kier molecular flexibility index (Phi) is 7.93. The highest BCUT2D eigenvalue weighted by molar-refractivity contribution is 5.97. The monoisotopic (exact) mass is 492 g/mol. The van der Waals surface area contributed by atoms with Crippen LogP contribution in [0, 0.1) is 6.92 Å². The number of aromatic nitrogens is 1. The van der Waals surface area contributed by atoms with Crippen molar-refractivity contribution in [3.8, 4) is 0 Å². The van der Waals surface area contributed by atoms with Gasteiger partial charge in [-0.15, -0.1) is 0 Å². The number of rotatable bonds is 6. The molecule has 2 N–H and O–H groups in total. The molecular weight excluding hydrogens is 461 g/mol. The van der Waals surface area contributed by atoms with E-state index in [2.05, 4.69) is 15.6 Å². The molecule has 0 radical (unpaired) electrons. The number of hydrogen-bond acceptors (Lipinski definition) is 6. The number of halogens is 3. The Morgan fingerprint density at radius 2 is 1.97 bits per heavy atom. The van der Waals surface area contributed by atoms with Crippen LogP contribution < -0.4 is 10.6 Å². The number of nitrogens with zero attached hydrogens (tertiary/aromatic N) is 2. The fourth-order valence-corrected chi connectivity index (χ4v) is 4.66. The molecule has 10 heteroatoms. The summed E-state index contributed by atoms with van der Waals surface area (Å²) >= 11 is 0. The van der Waals surface area contributed by atoms with Gasteiger partial charge in [-0.25, -0.2) is 4.98 Å². The van der Waals surface area contributed by atoms with Crippen LogP contribution in [-0.2, 0) is 15.7 Å². The summed E-state index contributed by atoms with van der Waals surface area (Å²) < 4.78 is 50.2. The van der Waals surface area contributed by atoms with E-state index in [1.807, 2.05) is 4.90 Å². The van der Waals surface area contributed by atoms with Crippen LogP contribution in [0.4, 0.5) is 24.7 Å². The van der Waals surface area contributed by atoms with Gasteiger partial charge in [-0.3, -0.25) is 4.79 Å². The Bertz CT molecular complexity index is 1030. The van der Waals surface area contributed by atoms with Crippen LogP contribution in [0.15, 0.2) is 36.5 Å². The largest absolute Gasteiger partial charge is 0.416 e. The number of anilines is 2. The first-order chi connectivity index (χ1) is 16.8. The molecule has 0 saturated carbocycles. The predicted molar refractivity (Wildman–Crippen MR) is 126 cm³/mol. The van der Waals surface area contributed by atoms with E-state index in [4.69, 9.17) is 9.47 Å². The van der Waals surface area contributed by atoms with E-state index in [0.717, 1.165) is 31.4 Å². The minimum Gasteiger partial charge on any atom is -0.379 e. The number of carbonyl (C=O) groups is 1. The minimum absolute atomic E-state index is 0.0330. The van der Waals surface area contributed by atoms with E-state index in [1.54, 1.807) is 20.1 Å². The Hall–Kier alpha value is -2.69. The number of carbonyl (C=O) groups excluding carboxylic acids is 1. The Balaban J connectivity index is 1.39. The highest BCUT2D eigenvalue weighted by Crippen LogP contribution is 2.32. The summed E-state index contributed by atoms with van der Waals surface area (Å²) in [5.41, 5.74) is 0.598.